The third-order valence-corrected chi connectivity index (χ3v) is 2.28. The van der Waals surface area contributed by atoms with Crippen LogP contribution in [0.15, 0.2) is 30.6 Å². The van der Waals surface area contributed by atoms with Crippen molar-refractivity contribution in [2.24, 2.45) is 0 Å². The van der Waals surface area contributed by atoms with Gasteiger partial charge in [0.15, 0.2) is 0 Å². The third kappa shape index (κ3) is 1.25. The molecule has 2 rings (SSSR count). The van der Waals surface area contributed by atoms with Crippen LogP contribution in [0, 0.1) is 11.3 Å². The van der Waals surface area contributed by atoms with Gasteiger partial charge in [0.1, 0.15) is 5.65 Å². The molecule has 0 N–H and O–H groups in total. The van der Waals surface area contributed by atoms with E-state index in [1.54, 1.807) is 0 Å². The second kappa shape index (κ2) is 2.85. The molecule has 0 amide bonds. The summed E-state index contributed by atoms with van der Waals surface area (Å²) in [7, 11) is 0. The zero-order chi connectivity index (χ0) is 10.2. The summed E-state index contributed by atoms with van der Waals surface area (Å²) in [6.07, 6.45) is 3.83. The van der Waals surface area contributed by atoms with E-state index in [1.807, 2.05) is 48.8 Å². The van der Waals surface area contributed by atoms with Crippen molar-refractivity contribution < 1.29 is 0 Å². The molecule has 0 saturated heterocycles. The largest absolute Gasteiger partial charge is 0.307 e. The first-order chi connectivity index (χ1) is 6.63. The van der Waals surface area contributed by atoms with E-state index in [2.05, 4.69) is 11.1 Å². The lowest BCUT2D eigenvalue weighted by molar-refractivity contribution is 0.665. The summed E-state index contributed by atoms with van der Waals surface area (Å²) >= 11 is 0. The standard InChI is InChI=1S/C11H11N3/c1-11(2,8-12)9-7-14-6-4-3-5-10(14)13-9/h3-7H,1-2H3. The van der Waals surface area contributed by atoms with Crippen molar-refractivity contribution in [2.75, 3.05) is 0 Å². The van der Waals surface area contributed by atoms with E-state index in [0.717, 1.165) is 11.3 Å². The summed E-state index contributed by atoms with van der Waals surface area (Å²) in [4.78, 5) is 4.40. The average Bonchev–Trinajstić information content (AvgIpc) is 2.61. The second-order valence-corrected chi connectivity index (χ2v) is 3.83. The van der Waals surface area contributed by atoms with Crippen LogP contribution in [-0.4, -0.2) is 9.38 Å². The number of hydrogen-bond donors (Lipinski definition) is 0. The van der Waals surface area contributed by atoms with Gasteiger partial charge in [0.05, 0.1) is 17.2 Å². The fourth-order valence-corrected chi connectivity index (χ4v) is 1.29. The lowest BCUT2D eigenvalue weighted by Gasteiger charge is -2.09. The molecule has 0 spiro atoms. The van der Waals surface area contributed by atoms with E-state index in [0.29, 0.717) is 0 Å². The van der Waals surface area contributed by atoms with Gasteiger partial charge >= 0.3 is 0 Å². The zero-order valence-electron chi connectivity index (χ0n) is 8.23. The zero-order valence-corrected chi connectivity index (χ0v) is 8.23. The van der Waals surface area contributed by atoms with Crippen LogP contribution < -0.4 is 0 Å². The number of nitriles is 1. The fourth-order valence-electron chi connectivity index (χ4n) is 1.29. The van der Waals surface area contributed by atoms with Crippen LogP contribution >= 0.6 is 0 Å². The number of rotatable bonds is 1. The van der Waals surface area contributed by atoms with Gasteiger partial charge in [-0.15, -0.1) is 0 Å². The van der Waals surface area contributed by atoms with Crippen molar-refractivity contribution in [3.8, 4) is 6.07 Å². The smallest absolute Gasteiger partial charge is 0.137 e. The number of pyridine rings is 1. The first-order valence-corrected chi connectivity index (χ1v) is 4.49. The quantitative estimate of drug-likeness (QED) is 0.683. The summed E-state index contributed by atoms with van der Waals surface area (Å²) in [5.41, 5.74) is 1.17. The number of hydrogen-bond acceptors (Lipinski definition) is 2. The summed E-state index contributed by atoms with van der Waals surface area (Å²) in [6, 6.07) is 8.05. The van der Waals surface area contributed by atoms with Gasteiger partial charge in [-0.3, -0.25) is 0 Å². The summed E-state index contributed by atoms with van der Waals surface area (Å²) in [6.45, 7) is 3.74. The Labute approximate surface area is 82.6 Å². The molecule has 3 heteroatoms. The van der Waals surface area contributed by atoms with E-state index in [1.165, 1.54) is 0 Å². The van der Waals surface area contributed by atoms with Crippen LogP contribution in [0.4, 0.5) is 0 Å². The molecule has 2 aromatic heterocycles. The van der Waals surface area contributed by atoms with Crippen LogP contribution in [0.3, 0.4) is 0 Å². The molecule has 0 aliphatic rings. The van der Waals surface area contributed by atoms with Gasteiger partial charge in [0.25, 0.3) is 0 Å². The lowest BCUT2D eigenvalue weighted by atomic mass is 9.92. The predicted molar refractivity (Wildman–Crippen MR) is 53.8 cm³/mol. The maximum Gasteiger partial charge on any atom is 0.137 e. The topological polar surface area (TPSA) is 41.1 Å². The highest BCUT2D eigenvalue weighted by molar-refractivity contribution is 5.42. The molecule has 0 aliphatic carbocycles. The Balaban J connectivity index is 2.62. The first kappa shape index (κ1) is 8.76. The van der Waals surface area contributed by atoms with Gasteiger partial charge in [-0.2, -0.15) is 5.26 Å². The van der Waals surface area contributed by atoms with Gasteiger partial charge in [-0.1, -0.05) is 6.07 Å². The summed E-state index contributed by atoms with van der Waals surface area (Å²) in [5, 5.41) is 8.97. The van der Waals surface area contributed by atoms with Crippen molar-refractivity contribution >= 4 is 5.65 Å². The monoisotopic (exact) mass is 185 g/mol. The predicted octanol–water partition coefficient (Wildman–Crippen LogP) is 2.14. The Morgan fingerprint density at radius 2 is 2.21 bits per heavy atom. The SMILES string of the molecule is CC(C)(C#N)c1cn2ccccc2n1. The van der Waals surface area contributed by atoms with Crippen molar-refractivity contribution in [3.63, 3.8) is 0 Å². The van der Waals surface area contributed by atoms with Gasteiger partial charge in [-0.25, -0.2) is 4.98 Å². The minimum Gasteiger partial charge on any atom is -0.307 e. The maximum absolute atomic E-state index is 8.97. The van der Waals surface area contributed by atoms with Crippen molar-refractivity contribution in [2.45, 2.75) is 19.3 Å². The lowest BCUT2D eigenvalue weighted by Crippen LogP contribution is -2.13. The van der Waals surface area contributed by atoms with Crippen LogP contribution in [0.1, 0.15) is 19.5 Å². The molecule has 0 aromatic carbocycles. The van der Waals surface area contributed by atoms with Crippen LogP contribution in [0.25, 0.3) is 5.65 Å². The molecule has 2 aromatic rings. The van der Waals surface area contributed by atoms with Gasteiger partial charge < -0.3 is 4.40 Å². The molecule has 70 valence electrons. The van der Waals surface area contributed by atoms with Crippen molar-refractivity contribution in [3.05, 3.63) is 36.3 Å². The molecule has 0 atom stereocenters. The third-order valence-electron chi connectivity index (χ3n) is 2.28. The average molecular weight is 185 g/mol. The number of aromatic nitrogens is 2. The first-order valence-electron chi connectivity index (χ1n) is 4.49. The molecule has 14 heavy (non-hydrogen) atoms. The van der Waals surface area contributed by atoms with Gasteiger partial charge in [0, 0.05) is 12.4 Å². The molecular weight excluding hydrogens is 174 g/mol. The van der Waals surface area contributed by atoms with Crippen molar-refractivity contribution in [1.29, 1.82) is 5.26 Å². The summed E-state index contributed by atoms with van der Waals surface area (Å²) < 4.78 is 1.93. The van der Waals surface area contributed by atoms with Crippen LogP contribution in [-0.2, 0) is 5.41 Å². The Kier molecular flexibility index (Phi) is 1.78. The van der Waals surface area contributed by atoms with Gasteiger partial charge in [-0.05, 0) is 26.0 Å². The maximum atomic E-state index is 8.97. The Bertz CT molecular complexity index is 469. The molecule has 2 heterocycles. The van der Waals surface area contributed by atoms with Crippen LogP contribution in [0.2, 0.25) is 0 Å². The van der Waals surface area contributed by atoms with E-state index in [9.17, 15) is 0 Å². The molecular formula is C11H11N3. The second-order valence-electron chi connectivity index (χ2n) is 3.83. The van der Waals surface area contributed by atoms with E-state index in [4.69, 9.17) is 5.26 Å². The minimum absolute atomic E-state index is 0.522. The van der Waals surface area contributed by atoms with E-state index < -0.39 is 5.41 Å². The molecule has 0 bridgehead atoms. The van der Waals surface area contributed by atoms with E-state index in [-0.39, 0.29) is 0 Å². The molecule has 0 saturated carbocycles. The number of imidazole rings is 1. The van der Waals surface area contributed by atoms with Crippen LogP contribution in [0.5, 0.6) is 0 Å². The molecule has 0 unspecified atom stereocenters. The number of fused-ring (bicyclic) bond motifs is 1. The van der Waals surface area contributed by atoms with Gasteiger partial charge in [0.2, 0.25) is 0 Å². The molecule has 0 fully saturated rings. The number of nitrogens with zero attached hydrogens (tertiary/aromatic N) is 3. The molecule has 3 nitrogen and oxygen atoms in total. The molecule has 0 radical (unpaired) electrons. The highest BCUT2D eigenvalue weighted by Crippen LogP contribution is 2.21. The summed E-state index contributed by atoms with van der Waals surface area (Å²) in [5.74, 6) is 0. The Hall–Kier alpha value is -1.82. The normalized spacial score (nSPS) is 11.5. The Morgan fingerprint density at radius 1 is 1.43 bits per heavy atom. The highest BCUT2D eigenvalue weighted by Gasteiger charge is 2.22. The van der Waals surface area contributed by atoms with E-state index >= 15 is 0 Å². The fraction of sp³-hybridized carbons (Fsp3) is 0.273. The molecule has 0 aliphatic heterocycles. The Morgan fingerprint density at radius 3 is 2.86 bits per heavy atom. The van der Waals surface area contributed by atoms with Crippen molar-refractivity contribution in [1.82, 2.24) is 9.38 Å². The highest BCUT2D eigenvalue weighted by atomic mass is 15.0. The minimum atomic E-state index is -0.522.